The van der Waals surface area contributed by atoms with Gasteiger partial charge in [-0.1, -0.05) is 41.0 Å². The first kappa shape index (κ1) is 15.6. The fourth-order valence-electron chi connectivity index (χ4n) is 1.55. The molecule has 0 unspecified atom stereocenters. The van der Waals surface area contributed by atoms with Crippen molar-refractivity contribution in [3.8, 4) is 0 Å². The molecule has 0 aliphatic heterocycles. The van der Waals surface area contributed by atoms with Gasteiger partial charge in [0, 0.05) is 17.9 Å². The molecule has 0 aliphatic carbocycles. The van der Waals surface area contributed by atoms with Crippen molar-refractivity contribution >= 4 is 5.78 Å². The minimum Gasteiger partial charge on any atom is -0.396 e. The highest BCUT2D eigenvalue weighted by Gasteiger charge is 2.33. The molecule has 0 bridgehead atoms. The normalized spacial score (nSPS) is 16.2. The van der Waals surface area contributed by atoms with Crippen LogP contribution in [0, 0.1) is 17.3 Å². The van der Waals surface area contributed by atoms with Crippen LogP contribution in [-0.2, 0) is 4.79 Å². The van der Waals surface area contributed by atoms with E-state index in [4.69, 9.17) is 0 Å². The zero-order valence-electron chi connectivity index (χ0n) is 11.2. The van der Waals surface area contributed by atoms with Gasteiger partial charge in [-0.2, -0.15) is 0 Å². The average molecular weight is 230 g/mol. The van der Waals surface area contributed by atoms with E-state index in [2.05, 4.69) is 13.8 Å². The number of carbonyl (C=O) groups is 1. The van der Waals surface area contributed by atoms with E-state index in [0.717, 1.165) is 6.42 Å². The van der Waals surface area contributed by atoms with Crippen LogP contribution in [0.15, 0.2) is 0 Å². The standard InChI is InChI=1S/C13H26O3/c1-9(2)6-7-10(8-14)11(15)12(16)13(3,4)5/h9-11,14-15H,6-8H2,1-5H3/t10-,11-/m0/s1. The number of ketones is 1. The first-order chi connectivity index (χ1) is 7.20. The number of aliphatic hydroxyl groups excluding tert-OH is 2. The Bertz CT molecular complexity index is 216. The third-order valence-corrected chi connectivity index (χ3v) is 2.80. The maximum atomic E-state index is 11.8. The lowest BCUT2D eigenvalue weighted by Gasteiger charge is -2.26. The molecule has 0 amide bonds. The summed E-state index contributed by atoms with van der Waals surface area (Å²) >= 11 is 0. The van der Waals surface area contributed by atoms with Gasteiger partial charge in [0.2, 0.25) is 0 Å². The van der Waals surface area contributed by atoms with E-state index in [0.29, 0.717) is 12.3 Å². The molecule has 0 spiro atoms. The third-order valence-electron chi connectivity index (χ3n) is 2.80. The molecule has 0 aromatic rings. The smallest absolute Gasteiger partial charge is 0.166 e. The molecule has 16 heavy (non-hydrogen) atoms. The number of Topliss-reactive ketones (excluding diaryl/α,β-unsaturated/α-hetero) is 1. The molecule has 0 aromatic carbocycles. The van der Waals surface area contributed by atoms with Crippen molar-refractivity contribution in [3.63, 3.8) is 0 Å². The van der Waals surface area contributed by atoms with Crippen molar-refractivity contribution in [2.45, 2.75) is 53.6 Å². The number of hydrogen-bond donors (Lipinski definition) is 2. The van der Waals surface area contributed by atoms with Crippen LogP contribution in [0.1, 0.15) is 47.5 Å². The van der Waals surface area contributed by atoms with Crippen LogP contribution in [0.2, 0.25) is 0 Å². The second kappa shape index (κ2) is 6.36. The number of rotatable bonds is 6. The first-order valence-corrected chi connectivity index (χ1v) is 6.03. The molecule has 0 fully saturated rings. The lowest BCUT2D eigenvalue weighted by molar-refractivity contribution is -0.138. The summed E-state index contributed by atoms with van der Waals surface area (Å²) in [6.07, 6.45) is 0.570. The fourth-order valence-corrected chi connectivity index (χ4v) is 1.55. The summed E-state index contributed by atoms with van der Waals surface area (Å²) in [6, 6.07) is 0. The predicted molar refractivity (Wildman–Crippen MR) is 65.1 cm³/mol. The van der Waals surface area contributed by atoms with E-state index in [1.54, 1.807) is 20.8 Å². The lowest BCUT2D eigenvalue weighted by atomic mass is 9.81. The van der Waals surface area contributed by atoms with Gasteiger partial charge in [0.1, 0.15) is 6.10 Å². The van der Waals surface area contributed by atoms with Gasteiger partial charge in [0.05, 0.1) is 0 Å². The number of hydrogen-bond acceptors (Lipinski definition) is 3. The predicted octanol–water partition coefficient (Wildman–Crippen LogP) is 2.01. The lowest BCUT2D eigenvalue weighted by Crippen LogP contribution is -2.39. The van der Waals surface area contributed by atoms with Crippen LogP contribution in [0.5, 0.6) is 0 Å². The van der Waals surface area contributed by atoms with Crippen LogP contribution in [0.3, 0.4) is 0 Å². The highest BCUT2D eigenvalue weighted by molar-refractivity contribution is 5.87. The second-order valence-electron chi connectivity index (χ2n) is 5.97. The van der Waals surface area contributed by atoms with E-state index < -0.39 is 11.5 Å². The van der Waals surface area contributed by atoms with Gasteiger partial charge < -0.3 is 10.2 Å². The Balaban J connectivity index is 4.41. The molecule has 3 heteroatoms. The third kappa shape index (κ3) is 5.08. The summed E-state index contributed by atoms with van der Waals surface area (Å²) in [6.45, 7) is 9.41. The Morgan fingerprint density at radius 3 is 2.00 bits per heavy atom. The van der Waals surface area contributed by atoms with Crippen molar-refractivity contribution in [2.75, 3.05) is 6.61 Å². The highest BCUT2D eigenvalue weighted by atomic mass is 16.3. The van der Waals surface area contributed by atoms with Crippen LogP contribution in [0.25, 0.3) is 0 Å². The molecular formula is C13H26O3. The minimum atomic E-state index is -1.04. The van der Waals surface area contributed by atoms with Gasteiger partial charge >= 0.3 is 0 Å². The average Bonchev–Trinajstić information content (AvgIpc) is 2.15. The Kier molecular flexibility index (Phi) is 6.19. The molecule has 0 saturated heterocycles. The van der Waals surface area contributed by atoms with E-state index in [1.807, 2.05) is 0 Å². The largest absolute Gasteiger partial charge is 0.396 e. The van der Waals surface area contributed by atoms with Crippen molar-refractivity contribution in [3.05, 3.63) is 0 Å². The van der Waals surface area contributed by atoms with Crippen molar-refractivity contribution in [1.82, 2.24) is 0 Å². The molecule has 2 atom stereocenters. The molecule has 0 radical (unpaired) electrons. The molecule has 2 N–H and O–H groups in total. The molecule has 3 nitrogen and oxygen atoms in total. The Labute approximate surface area is 98.9 Å². The van der Waals surface area contributed by atoms with Crippen LogP contribution < -0.4 is 0 Å². The molecular weight excluding hydrogens is 204 g/mol. The van der Waals surface area contributed by atoms with Crippen LogP contribution >= 0.6 is 0 Å². The van der Waals surface area contributed by atoms with Crippen molar-refractivity contribution in [2.24, 2.45) is 17.3 Å². The number of carbonyl (C=O) groups excluding carboxylic acids is 1. The summed E-state index contributed by atoms with van der Waals surface area (Å²) in [5, 5.41) is 19.1. The van der Waals surface area contributed by atoms with E-state index in [9.17, 15) is 15.0 Å². The van der Waals surface area contributed by atoms with Gasteiger partial charge in [-0.05, 0) is 12.3 Å². The molecule has 0 saturated carbocycles. The van der Waals surface area contributed by atoms with Gasteiger partial charge in [0.25, 0.3) is 0 Å². The topological polar surface area (TPSA) is 57.5 Å². The van der Waals surface area contributed by atoms with Crippen LogP contribution in [-0.4, -0.2) is 28.7 Å². The summed E-state index contributed by atoms with van der Waals surface area (Å²) in [5.74, 6) is 0.00965. The zero-order chi connectivity index (χ0) is 12.9. The molecule has 0 aromatic heterocycles. The number of aliphatic hydroxyl groups is 2. The Morgan fingerprint density at radius 1 is 1.19 bits per heavy atom. The molecule has 0 heterocycles. The van der Waals surface area contributed by atoms with Gasteiger partial charge in [0.15, 0.2) is 5.78 Å². The van der Waals surface area contributed by atoms with E-state index >= 15 is 0 Å². The molecule has 0 aliphatic rings. The fraction of sp³-hybridized carbons (Fsp3) is 0.923. The Morgan fingerprint density at radius 2 is 1.69 bits per heavy atom. The quantitative estimate of drug-likeness (QED) is 0.734. The summed E-state index contributed by atoms with van der Waals surface area (Å²) in [5.41, 5.74) is -0.551. The van der Waals surface area contributed by atoms with Gasteiger partial charge in [-0.25, -0.2) is 0 Å². The first-order valence-electron chi connectivity index (χ1n) is 6.03. The zero-order valence-corrected chi connectivity index (χ0v) is 11.2. The summed E-state index contributed by atoms with van der Waals surface area (Å²) < 4.78 is 0. The summed E-state index contributed by atoms with van der Waals surface area (Å²) in [4.78, 5) is 11.8. The monoisotopic (exact) mass is 230 g/mol. The summed E-state index contributed by atoms with van der Waals surface area (Å²) in [7, 11) is 0. The van der Waals surface area contributed by atoms with E-state index in [1.165, 1.54) is 0 Å². The Hall–Kier alpha value is -0.410. The SMILES string of the molecule is CC(C)CC[C@@H](CO)[C@H](O)C(=O)C(C)(C)C. The second-order valence-corrected chi connectivity index (χ2v) is 5.97. The van der Waals surface area contributed by atoms with Gasteiger partial charge in [-0.15, -0.1) is 0 Å². The van der Waals surface area contributed by atoms with E-state index in [-0.39, 0.29) is 18.3 Å². The van der Waals surface area contributed by atoms with Gasteiger partial charge in [-0.3, -0.25) is 4.79 Å². The molecule has 0 rings (SSSR count). The maximum Gasteiger partial charge on any atom is 0.166 e. The van der Waals surface area contributed by atoms with Crippen molar-refractivity contribution in [1.29, 1.82) is 0 Å². The highest BCUT2D eigenvalue weighted by Crippen LogP contribution is 2.23. The maximum absolute atomic E-state index is 11.8. The van der Waals surface area contributed by atoms with Crippen molar-refractivity contribution < 1.29 is 15.0 Å². The van der Waals surface area contributed by atoms with Crippen LogP contribution in [0.4, 0.5) is 0 Å². The minimum absolute atomic E-state index is 0.129. The molecule has 96 valence electrons.